The van der Waals surface area contributed by atoms with Crippen LogP contribution >= 0.6 is 12.4 Å². The summed E-state index contributed by atoms with van der Waals surface area (Å²) in [6.45, 7) is 5.77. The zero-order chi connectivity index (χ0) is 11.4. The number of hydrogen-bond donors (Lipinski definition) is 1. The number of carbonyl (C=O) groups excluding carboxylic acids is 1. The molecule has 2 rings (SSSR count). The molecule has 2 aliphatic rings. The lowest BCUT2D eigenvalue weighted by molar-refractivity contribution is -0.132. The molecule has 1 aliphatic heterocycles. The van der Waals surface area contributed by atoms with Gasteiger partial charge in [0, 0.05) is 13.1 Å². The number of nitrogens with one attached hydrogen (secondary N) is 1. The first-order valence-electron chi connectivity index (χ1n) is 6.78. The Morgan fingerprint density at radius 1 is 1.29 bits per heavy atom. The Bertz CT molecular complexity index is 244. The maximum atomic E-state index is 11.9. The minimum Gasteiger partial charge on any atom is -0.341 e. The highest BCUT2D eigenvalue weighted by Crippen LogP contribution is 2.27. The molecule has 0 aromatic heterocycles. The molecule has 4 heteroatoms. The molecular weight excluding hydrogens is 236 g/mol. The SMILES string of the molecule is CCC1CCCN(C(=O)CNCC2CC2)C1.Cl. The molecule has 100 valence electrons. The summed E-state index contributed by atoms with van der Waals surface area (Å²) in [5.41, 5.74) is 0. The average Bonchev–Trinajstić information content (AvgIpc) is 3.13. The second-order valence-electron chi connectivity index (χ2n) is 5.33. The quantitative estimate of drug-likeness (QED) is 0.821. The van der Waals surface area contributed by atoms with Crippen molar-refractivity contribution in [2.45, 2.75) is 39.0 Å². The van der Waals surface area contributed by atoms with E-state index in [-0.39, 0.29) is 12.4 Å². The van der Waals surface area contributed by atoms with Gasteiger partial charge in [-0.1, -0.05) is 13.3 Å². The van der Waals surface area contributed by atoms with Crippen molar-refractivity contribution in [2.75, 3.05) is 26.2 Å². The topological polar surface area (TPSA) is 32.3 Å². The number of carbonyl (C=O) groups is 1. The fourth-order valence-corrected chi connectivity index (χ4v) is 2.44. The molecular formula is C13H25ClN2O. The van der Waals surface area contributed by atoms with Crippen molar-refractivity contribution in [1.29, 1.82) is 0 Å². The highest BCUT2D eigenvalue weighted by molar-refractivity contribution is 5.85. The van der Waals surface area contributed by atoms with Crippen LogP contribution in [0.25, 0.3) is 0 Å². The van der Waals surface area contributed by atoms with Crippen molar-refractivity contribution in [3.63, 3.8) is 0 Å². The number of nitrogens with zero attached hydrogens (tertiary/aromatic N) is 1. The number of likely N-dealkylation sites (tertiary alicyclic amines) is 1. The van der Waals surface area contributed by atoms with Gasteiger partial charge >= 0.3 is 0 Å². The minimum atomic E-state index is 0. The summed E-state index contributed by atoms with van der Waals surface area (Å²) in [4.78, 5) is 14.0. The first kappa shape index (κ1) is 14.8. The molecule has 1 aliphatic carbocycles. The largest absolute Gasteiger partial charge is 0.341 e. The lowest BCUT2D eigenvalue weighted by atomic mass is 9.96. The zero-order valence-corrected chi connectivity index (χ0v) is 11.6. The third-order valence-corrected chi connectivity index (χ3v) is 3.86. The second-order valence-corrected chi connectivity index (χ2v) is 5.33. The van der Waals surface area contributed by atoms with Gasteiger partial charge in [0.05, 0.1) is 6.54 Å². The smallest absolute Gasteiger partial charge is 0.236 e. The van der Waals surface area contributed by atoms with Crippen LogP contribution in [0.15, 0.2) is 0 Å². The highest BCUT2D eigenvalue weighted by atomic mass is 35.5. The molecule has 1 N–H and O–H groups in total. The van der Waals surface area contributed by atoms with Crippen LogP contribution < -0.4 is 5.32 Å². The van der Waals surface area contributed by atoms with Gasteiger partial charge in [-0.25, -0.2) is 0 Å². The van der Waals surface area contributed by atoms with Crippen LogP contribution in [0.5, 0.6) is 0 Å². The molecule has 0 aromatic carbocycles. The summed E-state index contributed by atoms with van der Waals surface area (Å²) in [5, 5.41) is 3.29. The van der Waals surface area contributed by atoms with Crippen LogP contribution in [0, 0.1) is 11.8 Å². The van der Waals surface area contributed by atoms with Crippen LogP contribution in [0.3, 0.4) is 0 Å². The first-order chi connectivity index (χ1) is 7.79. The van der Waals surface area contributed by atoms with E-state index in [1.54, 1.807) is 0 Å². The van der Waals surface area contributed by atoms with Gasteiger partial charge in [-0.05, 0) is 44.1 Å². The first-order valence-corrected chi connectivity index (χ1v) is 6.78. The van der Waals surface area contributed by atoms with Crippen LogP contribution in [0.2, 0.25) is 0 Å². The number of amides is 1. The lowest BCUT2D eigenvalue weighted by Crippen LogP contribution is -2.44. The monoisotopic (exact) mass is 260 g/mol. The molecule has 1 saturated heterocycles. The van der Waals surface area contributed by atoms with Gasteiger partial charge in [0.15, 0.2) is 0 Å². The number of hydrogen-bond acceptors (Lipinski definition) is 2. The summed E-state index contributed by atoms with van der Waals surface area (Å²) >= 11 is 0. The van der Waals surface area contributed by atoms with Gasteiger partial charge in [-0.2, -0.15) is 0 Å². The Morgan fingerprint density at radius 3 is 2.71 bits per heavy atom. The van der Waals surface area contributed by atoms with E-state index in [1.807, 2.05) is 0 Å². The van der Waals surface area contributed by atoms with E-state index >= 15 is 0 Å². The van der Waals surface area contributed by atoms with Gasteiger partial charge in [0.1, 0.15) is 0 Å². The van der Waals surface area contributed by atoms with Crippen LogP contribution in [0.4, 0.5) is 0 Å². The zero-order valence-electron chi connectivity index (χ0n) is 10.8. The molecule has 0 radical (unpaired) electrons. The summed E-state index contributed by atoms with van der Waals surface area (Å²) in [7, 11) is 0. The Labute approximate surface area is 111 Å². The fourth-order valence-electron chi connectivity index (χ4n) is 2.44. The Hall–Kier alpha value is -0.280. The average molecular weight is 261 g/mol. The van der Waals surface area contributed by atoms with E-state index in [2.05, 4.69) is 17.1 Å². The van der Waals surface area contributed by atoms with Crippen LogP contribution in [-0.4, -0.2) is 37.0 Å². The van der Waals surface area contributed by atoms with Gasteiger partial charge < -0.3 is 10.2 Å². The van der Waals surface area contributed by atoms with Crippen LogP contribution in [0.1, 0.15) is 39.0 Å². The molecule has 0 spiro atoms. The summed E-state index contributed by atoms with van der Waals surface area (Å²) in [6.07, 6.45) is 6.40. The molecule has 1 amide bonds. The number of halogens is 1. The molecule has 0 aromatic rings. The Balaban J connectivity index is 0.00000144. The Morgan fingerprint density at radius 2 is 2.06 bits per heavy atom. The third-order valence-electron chi connectivity index (χ3n) is 3.86. The van der Waals surface area contributed by atoms with E-state index in [0.29, 0.717) is 12.5 Å². The molecule has 1 saturated carbocycles. The summed E-state index contributed by atoms with van der Waals surface area (Å²) in [5.74, 6) is 1.90. The van der Waals surface area contributed by atoms with Crippen molar-refractivity contribution < 1.29 is 4.79 Å². The summed E-state index contributed by atoms with van der Waals surface area (Å²) < 4.78 is 0. The van der Waals surface area contributed by atoms with Gasteiger partial charge in [-0.3, -0.25) is 4.79 Å². The van der Waals surface area contributed by atoms with E-state index in [1.165, 1.54) is 32.1 Å². The van der Waals surface area contributed by atoms with Crippen molar-refractivity contribution in [2.24, 2.45) is 11.8 Å². The molecule has 17 heavy (non-hydrogen) atoms. The van der Waals surface area contributed by atoms with Gasteiger partial charge in [-0.15, -0.1) is 12.4 Å². The molecule has 1 heterocycles. The van der Waals surface area contributed by atoms with Crippen molar-refractivity contribution in [3.8, 4) is 0 Å². The highest BCUT2D eigenvalue weighted by Gasteiger charge is 2.24. The van der Waals surface area contributed by atoms with E-state index in [0.717, 1.165) is 31.5 Å². The normalized spacial score (nSPS) is 24.3. The van der Waals surface area contributed by atoms with Crippen molar-refractivity contribution >= 4 is 18.3 Å². The molecule has 3 nitrogen and oxygen atoms in total. The maximum Gasteiger partial charge on any atom is 0.236 e. The maximum absolute atomic E-state index is 11.9. The standard InChI is InChI=1S/C13H24N2O.ClH/c1-2-11-4-3-7-15(10-11)13(16)9-14-8-12-5-6-12;/h11-12,14H,2-10H2,1H3;1H. The van der Waals surface area contributed by atoms with Crippen molar-refractivity contribution in [3.05, 3.63) is 0 Å². The lowest BCUT2D eigenvalue weighted by Gasteiger charge is -2.32. The van der Waals surface area contributed by atoms with Crippen LogP contribution in [-0.2, 0) is 4.79 Å². The molecule has 1 unspecified atom stereocenters. The molecule has 0 bridgehead atoms. The van der Waals surface area contributed by atoms with E-state index < -0.39 is 0 Å². The van der Waals surface area contributed by atoms with Gasteiger partial charge in [0.25, 0.3) is 0 Å². The third kappa shape index (κ3) is 4.84. The number of rotatable bonds is 5. The predicted octanol–water partition coefficient (Wildman–Crippen LogP) is 2.06. The molecule has 2 fully saturated rings. The number of piperidine rings is 1. The Kier molecular flexibility index (Phi) is 6.28. The van der Waals surface area contributed by atoms with E-state index in [9.17, 15) is 4.79 Å². The van der Waals surface area contributed by atoms with Crippen molar-refractivity contribution in [1.82, 2.24) is 10.2 Å². The molecule has 1 atom stereocenters. The van der Waals surface area contributed by atoms with E-state index in [4.69, 9.17) is 0 Å². The fraction of sp³-hybridized carbons (Fsp3) is 0.923. The second kappa shape index (κ2) is 7.22. The summed E-state index contributed by atoms with van der Waals surface area (Å²) in [6, 6.07) is 0. The predicted molar refractivity (Wildman–Crippen MR) is 72.4 cm³/mol. The van der Waals surface area contributed by atoms with Gasteiger partial charge in [0.2, 0.25) is 5.91 Å². The minimum absolute atomic E-state index is 0.